The van der Waals surface area contributed by atoms with Crippen molar-refractivity contribution in [3.63, 3.8) is 0 Å². The van der Waals surface area contributed by atoms with Crippen LogP contribution < -0.4 is 10.5 Å². The van der Waals surface area contributed by atoms with Crippen LogP contribution in [0, 0.1) is 11.6 Å². The van der Waals surface area contributed by atoms with E-state index in [0.29, 0.717) is 34.0 Å². The number of nitrogens with one attached hydrogen (secondary N) is 1. The number of H-pyrrole nitrogens is 1. The molecular weight excluding hydrogens is 430 g/mol. The van der Waals surface area contributed by atoms with E-state index in [4.69, 9.17) is 22.2 Å². The van der Waals surface area contributed by atoms with Crippen LogP contribution in [0.3, 0.4) is 0 Å². The number of benzene rings is 3. The lowest BCUT2D eigenvalue weighted by molar-refractivity contribution is 0.707. The van der Waals surface area contributed by atoms with Crippen LogP contribution in [0.4, 0.5) is 5.95 Å². The summed E-state index contributed by atoms with van der Waals surface area (Å²) < 4.78 is 2.26. The zero-order chi connectivity index (χ0) is 22.5. The van der Waals surface area contributed by atoms with Crippen LogP contribution in [-0.2, 0) is 13.0 Å². The summed E-state index contributed by atoms with van der Waals surface area (Å²) in [5, 5.41) is 2.58. The SMILES string of the molecule is Cc1nc2nc(N3CCc4ccccc4C3)[nH]c(=O)c2c(=S)n1-c1ccc2ccccc2c1. The highest BCUT2D eigenvalue weighted by Gasteiger charge is 2.20. The maximum atomic E-state index is 13.2. The van der Waals surface area contributed by atoms with Gasteiger partial charge < -0.3 is 4.90 Å². The standard InChI is InChI=1S/C26H21N5OS/c1-16-27-23-22(25(33)31(16)21-11-10-17-6-2-4-8-19(17)14-21)24(32)29-26(28-23)30-13-12-18-7-3-5-9-20(18)15-30/h2-11,14H,12-13,15H2,1H3,(H,28,29,32). The summed E-state index contributed by atoms with van der Waals surface area (Å²) in [7, 11) is 0. The highest BCUT2D eigenvalue weighted by molar-refractivity contribution is 7.71. The fourth-order valence-corrected chi connectivity index (χ4v) is 5.05. The predicted molar refractivity (Wildman–Crippen MR) is 134 cm³/mol. The average Bonchev–Trinajstić information content (AvgIpc) is 2.83. The molecule has 0 saturated heterocycles. The van der Waals surface area contributed by atoms with Gasteiger partial charge in [-0.3, -0.25) is 14.3 Å². The smallest absolute Gasteiger partial charge is 0.264 e. The third-order valence-electron chi connectivity index (χ3n) is 6.32. The van der Waals surface area contributed by atoms with Crippen molar-refractivity contribution in [3.8, 4) is 5.69 Å². The van der Waals surface area contributed by atoms with Gasteiger partial charge in [-0.2, -0.15) is 4.98 Å². The number of nitrogens with zero attached hydrogens (tertiary/aromatic N) is 4. The second-order valence-electron chi connectivity index (χ2n) is 8.36. The third-order valence-corrected chi connectivity index (χ3v) is 6.70. The van der Waals surface area contributed by atoms with E-state index in [1.165, 1.54) is 11.1 Å². The van der Waals surface area contributed by atoms with Crippen molar-refractivity contribution in [1.29, 1.82) is 0 Å². The van der Waals surface area contributed by atoms with E-state index in [-0.39, 0.29) is 5.56 Å². The summed E-state index contributed by atoms with van der Waals surface area (Å²) >= 11 is 5.77. The topological polar surface area (TPSA) is 66.8 Å². The van der Waals surface area contributed by atoms with E-state index >= 15 is 0 Å². The van der Waals surface area contributed by atoms with Gasteiger partial charge in [-0.1, -0.05) is 66.8 Å². The summed E-state index contributed by atoms with van der Waals surface area (Å²) in [6.07, 6.45) is 0.910. The molecule has 162 valence electrons. The molecule has 0 amide bonds. The van der Waals surface area contributed by atoms with Crippen molar-refractivity contribution in [1.82, 2.24) is 19.5 Å². The number of rotatable bonds is 2. The lowest BCUT2D eigenvalue weighted by Gasteiger charge is -2.29. The Morgan fingerprint density at radius 3 is 2.55 bits per heavy atom. The fourth-order valence-electron chi connectivity index (χ4n) is 4.63. The van der Waals surface area contributed by atoms with Crippen molar-refractivity contribution < 1.29 is 0 Å². The summed E-state index contributed by atoms with van der Waals surface area (Å²) in [4.78, 5) is 27.6. The highest BCUT2D eigenvalue weighted by Crippen LogP contribution is 2.24. The average molecular weight is 452 g/mol. The molecule has 0 unspecified atom stereocenters. The van der Waals surface area contributed by atoms with Crippen LogP contribution in [0.2, 0.25) is 0 Å². The van der Waals surface area contributed by atoms with Crippen LogP contribution in [0.25, 0.3) is 27.5 Å². The largest absolute Gasteiger partial charge is 0.338 e. The van der Waals surface area contributed by atoms with Gasteiger partial charge >= 0.3 is 0 Å². The first kappa shape index (κ1) is 19.8. The molecule has 0 spiro atoms. The molecule has 7 heteroatoms. The first-order chi connectivity index (χ1) is 16.1. The first-order valence-corrected chi connectivity index (χ1v) is 11.3. The second kappa shape index (κ2) is 7.64. The zero-order valence-corrected chi connectivity index (χ0v) is 18.9. The van der Waals surface area contributed by atoms with Crippen molar-refractivity contribution in [2.24, 2.45) is 0 Å². The van der Waals surface area contributed by atoms with Crippen LogP contribution in [0.5, 0.6) is 0 Å². The molecule has 3 heterocycles. The number of hydrogen-bond acceptors (Lipinski definition) is 5. The van der Waals surface area contributed by atoms with Crippen LogP contribution in [0.1, 0.15) is 17.0 Å². The van der Waals surface area contributed by atoms with Crippen molar-refractivity contribution in [3.05, 3.63) is 98.7 Å². The van der Waals surface area contributed by atoms with Crippen LogP contribution >= 0.6 is 12.2 Å². The fraction of sp³-hybridized carbons (Fsp3) is 0.154. The Morgan fingerprint density at radius 2 is 1.70 bits per heavy atom. The third kappa shape index (κ3) is 3.32. The molecule has 1 aliphatic heterocycles. The molecule has 1 N–H and O–H groups in total. The number of hydrogen-bond donors (Lipinski definition) is 1. The molecule has 0 aliphatic carbocycles. The van der Waals surface area contributed by atoms with Crippen molar-refractivity contribution in [2.75, 3.05) is 11.4 Å². The molecule has 0 fully saturated rings. The number of anilines is 1. The van der Waals surface area contributed by atoms with E-state index in [1.807, 2.05) is 35.8 Å². The lowest BCUT2D eigenvalue weighted by atomic mass is 10.0. The van der Waals surface area contributed by atoms with Gasteiger partial charge in [-0.15, -0.1) is 0 Å². The zero-order valence-electron chi connectivity index (χ0n) is 18.1. The quantitative estimate of drug-likeness (QED) is 0.388. The molecule has 6 rings (SSSR count). The summed E-state index contributed by atoms with van der Waals surface area (Å²) in [6.45, 7) is 3.38. The van der Waals surface area contributed by atoms with Gasteiger partial charge in [-0.05, 0) is 47.4 Å². The lowest BCUT2D eigenvalue weighted by Crippen LogP contribution is -2.33. The van der Waals surface area contributed by atoms with Gasteiger partial charge in [0.15, 0.2) is 5.65 Å². The minimum atomic E-state index is -0.263. The summed E-state index contributed by atoms with van der Waals surface area (Å²) in [5.41, 5.74) is 3.59. The molecule has 2 aromatic heterocycles. The maximum Gasteiger partial charge on any atom is 0.264 e. The normalized spacial score (nSPS) is 13.4. The summed E-state index contributed by atoms with van der Waals surface area (Å²) in [6, 6.07) is 22.6. The number of aromatic nitrogens is 4. The Hall–Kier alpha value is -3.84. The molecule has 0 saturated carbocycles. The molecule has 0 radical (unpaired) electrons. The molecule has 0 atom stereocenters. The van der Waals surface area contributed by atoms with Gasteiger partial charge in [0.2, 0.25) is 5.95 Å². The van der Waals surface area contributed by atoms with Gasteiger partial charge in [0.05, 0.1) is 0 Å². The van der Waals surface area contributed by atoms with Crippen molar-refractivity contribution in [2.45, 2.75) is 19.9 Å². The monoisotopic (exact) mass is 451 g/mol. The van der Waals surface area contributed by atoms with E-state index in [1.54, 1.807) is 0 Å². The Kier molecular flexibility index (Phi) is 4.58. The van der Waals surface area contributed by atoms with Crippen LogP contribution in [0.15, 0.2) is 71.5 Å². The second-order valence-corrected chi connectivity index (χ2v) is 8.75. The molecular formula is C26H21N5OS. The van der Waals surface area contributed by atoms with Gasteiger partial charge in [0.25, 0.3) is 5.56 Å². The molecule has 5 aromatic rings. The van der Waals surface area contributed by atoms with E-state index < -0.39 is 0 Å². The summed E-state index contributed by atoms with van der Waals surface area (Å²) in [5.74, 6) is 1.22. The Morgan fingerprint density at radius 1 is 0.939 bits per heavy atom. The Bertz CT molecular complexity index is 1670. The maximum absolute atomic E-state index is 13.2. The number of aromatic amines is 1. The predicted octanol–water partition coefficient (Wildman–Crippen LogP) is 4.86. The van der Waals surface area contributed by atoms with Gasteiger partial charge in [0.1, 0.15) is 15.9 Å². The first-order valence-electron chi connectivity index (χ1n) is 10.9. The minimum Gasteiger partial charge on any atom is -0.338 e. The van der Waals surface area contributed by atoms with Gasteiger partial charge in [-0.25, -0.2) is 4.98 Å². The molecule has 1 aliphatic rings. The van der Waals surface area contributed by atoms with Gasteiger partial charge in [0, 0.05) is 18.8 Å². The molecule has 33 heavy (non-hydrogen) atoms. The molecule has 3 aromatic carbocycles. The molecule has 0 bridgehead atoms. The number of fused-ring (bicyclic) bond motifs is 3. The highest BCUT2D eigenvalue weighted by atomic mass is 32.1. The van der Waals surface area contributed by atoms with E-state index in [9.17, 15) is 4.79 Å². The van der Waals surface area contributed by atoms with E-state index in [2.05, 4.69) is 52.3 Å². The van der Waals surface area contributed by atoms with Crippen LogP contribution in [-0.4, -0.2) is 26.1 Å². The Labute approximate surface area is 195 Å². The number of aryl methyl sites for hydroxylation is 1. The molecule has 6 nitrogen and oxygen atoms in total. The minimum absolute atomic E-state index is 0.263. The van der Waals surface area contributed by atoms with E-state index in [0.717, 1.165) is 29.4 Å². The van der Waals surface area contributed by atoms with Crippen molar-refractivity contribution >= 4 is 40.0 Å². The Balaban J connectivity index is 1.47.